The third kappa shape index (κ3) is 4.37. The van der Waals surface area contributed by atoms with Crippen molar-refractivity contribution < 1.29 is 9.53 Å². The van der Waals surface area contributed by atoms with Crippen molar-refractivity contribution in [2.75, 3.05) is 12.4 Å². The molecule has 0 bridgehead atoms. The Balaban J connectivity index is 2.53. The molecule has 0 N–H and O–H groups in total. The zero-order valence-corrected chi connectivity index (χ0v) is 12.3. The molecule has 0 aliphatic carbocycles. The van der Waals surface area contributed by atoms with E-state index in [1.165, 1.54) is 19.3 Å². The van der Waals surface area contributed by atoms with Gasteiger partial charge in [0.2, 0.25) is 0 Å². The molecule has 0 atom stereocenters. The van der Waals surface area contributed by atoms with Crippen molar-refractivity contribution in [1.29, 1.82) is 0 Å². The van der Waals surface area contributed by atoms with Crippen LogP contribution in [0.3, 0.4) is 0 Å². The Kier molecular flexibility index (Phi) is 6.86. The Morgan fingerprint density at radius 1 is 1.44 bits per heavy atom. The molecule has 18 heavy (non-hydrogen) atoms. The predicted molar refractivity (Wildman–Crippen MR) is 74.9 cm³/mol. The summed E-state index contributed by atoms with van der Waals surface area (Å²) in [7, 11) is 1.87. The van der Waals surface area contributed by atoms with Gasteiger partial charge in [0, 0.05) is 12.8 Å². The van der Waals surface area contributed by atoms with Crippen LogP contribution in [0.25, 0.3) is 0 Å². The molecule has 0 saturated heterocycles. The van der Waals surface area contributed by atoms with Crippen LogP contribution in [0, 0.1) is 0 Å². The average Bonchev–Trinajstić information content (AvgIpc) is 2.71. The number of thioether (sulfide) groups is 1. The van der Waals surface area contributed by atoms with E-state index in [2.05, 4.69) is 12.0 Å². The van der Waals surface area contributed by atoms with Gasteiger partial charge in [-0.1, -0.05) is 19.8 Å². The SMILES string of the molecule is CCCCCSCc1c(C(=O)OCC)cnn1C. The van der Waals surface area contributed by atoms with E-state index in [0.717, 1.165) is 17.2 Å². The van der Waals surface area contributed by atoms with Crippen LogP contribution in [-0.2, 0) is 17.5 Å². The summed E-state index contributed by atoms with van der Waals surface area (Å²) in [6.45, 7) is 4.41. The number of aromatic nitrogens is 2. The number of unbranched alkanes of at least 4 members (excludes halogenated alkanes) is 2. The quantitative estimate of drug-likeness (QED) is 0.538. The van der Waals surface area contributed by atoms with Crippen LogP contribution in [0.2, 0.25) is 0 Å². The molecular weight excluding hydrogens is 248 g/mol. The van der Waals surface area contributed by atoms with Crippen molar-refractivity contribution in [2.45, 2.75) is 38.9 Å². The lowest BCUT2D eigenvalue weighted by Crippen LogP contribution is -2.08. The number of ether oxygens (including phenoxy) is 1. The number of carbonyl (C=O) groups is 1. The van der Waals surface area contributed by atoms with Crippen molar-refractivity contribution in [3.8, 4) is 0 Å². The first-order valence-electron chi connectivity index (χ1n) is 6.46. The second kappa shape index (κ2) is 8.19. The second-order valence-electron chi connectivity index (χ2n) is 4.11. The Bertz CT molecular complexity index is 377. The second-order valence-corrected chi connectivity index (χ2v) is 5.21. The maximum Gasteiger partial charge on any atom is 0.341 e. The molecule has 0 fully saturated rings. The van der Waals surface area contributed by atoms with Crippen LogP contribution in [0.5, 0.6) is 0 Å². The van der Waals surface area contributed by atoms with Crippen LogP contribution in [0.15, 0.2) is 6.20 Å². The molecule has 1 aromatic heterocycles. The molecule has 5 heteroatoms. The van der Waals surface area contributed by atoms with Crippen molar-refractivity contribution >= 4 is 17.7 Å². The zero-order valence-electron chi connectivity index (χ0n) is 11.4. The van der Waals surface area contributed by atoms with E-state index in [-0.39, 0.29) is 5.97 Å². The predicted octanol–water partition coefficient (Wildman–Crippen LogP) is 3.02. The van der Waals surface area contributed by atoms with Gasteiger partial charge in [0.05, 0.1) is 18.5 Å². The molecule has 0 radical (unpaired) electrons. The molecule has 1 aromatic rings. The maximum absolute atomic E-state index is 11.7. The Morgan fingerprint density at radius 2 is 2.22 bits per heavy atom. The van der Waals surface area contributed by atoms with Gasteiger partial charge in [-0.3, -0.25) is 4.68 Å². The highest BCUT2D eigenvalue weighted by Gasteiger charge is 2.16. The number of hydrogen-bond acceptors (Lipinski definition) is 4. The average molecular weight is 270 g/mol. The number of rotatable bonds is 8. The molecular formula is C13H22N2O2S. The van der Waals surface area contributed by atoms with Gasteiger partial charge in [0.15, 0.2) is 0 Å². The summed E-state index contributed by atoms with van der Waals surface area (Å²) in [5, 5.41) is 4.14. The maximum atomic E-state index is 11.7. The fourth-order valence-corrected chi connectivity index (χ4v) is 2.72. The van der Waals surface area contributed by atoms with E-state index in [9.17, 15) is 4.79 Å². The molecule has 0 aliphatic heterocycles. The van der Waals surface area contributed by atoms with E-state index in [0.29, 0.717) is 12.2 Å². The number of carbonyl (C=O) groups excluding carboxylic acids is 1. The lowest BCUT2D eigenvalue weighted by atomic mass is 10.3. The van der Waals surface area contributed by atoms with Crippen LogP contribution < -0.4 is 0 Å². The summed E-state index contributed by atoms with van der Waals surface area (Å²) < 4.78 is 6.79. The van der Waals surface area contributed by atoms with E-state index >= 15 is 0 Å². The van der Waals surface area contributed by atoms with Gasteiger partial charge >= 0.3 is 5.97 Å². The lowest BCUT2D eigenvalue weighted by Gasteiger charge is -2.06. The van der Waals surface area contributed by atoms with Crippen LogP contribution in [0.1, 0.15) is 49.2 Å². The zero-order chi connectivity index (χ0) is 13.4. The third-order valence-electron chi connectivity index (χ3n) is 2.69. The van der Waals surface area contributed by atoms with Gasteiger partial charge in [-0.25, -0.2) is 4.79 Å². The summed E-state index contributed by atoms with van der Waals surface area (Å²) in [5.41, 5.74) is 1.55. The van der Waals surface area contributed by atoms with E-state index in [1.54, 1.807) is 10.9 Å². The molecule has 1 rings (SSSR count). The van der Waals surface area contributed by atoms with Crippen LogP contribution >= 0.6 is 11.8 Å². The van der Waals surface area contributed by atoms with Gasteiger partial charge < -0.3 is 4.74 Å². The fourth-order valence-electron chi connectivity index (χ4n) is 1.64. The standard InChI is InChI=1S/C13H22N2O2S/c1-4-6-7-8-18-10-12-11(9-14-15(12)3)13(16)17-5-2/h9H,4-8,10H2,1-3H3. The molecule has 0 amide bonds. The largest absolute Gasteiger partial charge is 0.462 e. The molecule has 0 aromatic carbocycles. The molecule has 0 unspecified atom stereocenters. The number of esters is 1. The van der Waals surface area contributed by atoms with Crippen LogP contribution in [-0.4, -0.2) is 28.1 Å². The molecule has 0 spiro atoms. The highest BCUT2D eigenvalue weighted by Crippen LogP contribution is 2.18. The minimum atomic E-state index is -0.269. The minimum Gasteiger partial charge on any atom is -0.462 e. The van der Waals surface area contributed by atoms with Crippen molar-refractivity contribution in [3.63, 3.8) is 0 Å². The van der Waals surface area contributed by atoms with Crippen molar-refractivity contribution in [3.05, 3.63) is 17.5 Å². The summed E-state index contributed by atoms with van der Waals surface area (Å²) in [4.78, 5) is 11.7. The molecule has 1 heterocycles. The Morgan fingerprint density at radius 3 is 2.89 bits per heavy atom. The summed E-state index contributed by atoms with van der Waals surface area (Å²) in [6.07, 6.45) is 5.33. The van der Waals surface area contributed by atoms with Gasteiger partial charge in [-0.05, 0) is 19.1 Å². The van der Waals surface area contributed by atoms with Gasteiger partial charge in [-0.2, -0.15) is 16.9 Å². The van der Waals surface area contributed by atoms with E-state index < -0.39 is 0 Å². The van der Waals surface area contributed by atoms with Gasteiger partial charge in [0.25, 0.3) is 0 Å². The normalized spacial score (nSPS) is 10.6. The lowest BCUT2D eigenvalue weighted by molar-refractivity contribution is 0.0525. The number of hydrogen-bond donors (Lipinski definition) is 0. The van der Waals surface area contributed by atoms with E-state index in [4.69, 9.17) is 4.74 Å². The molecule has 0 aliphatic rings. The summed E-state index contributed by atoms with van der Waals surface area (Å²) in [5.74, 6) is 1.67. The number of nitrogens with zero attached hydrogens (tertiary/aromatic N) is 2. The number of aryl methyl sites for hydroxylation is 1. The van der Waals surface area contributed by atoms with Gasteiger partial charge in [0.1, 0.15) is 5.56 Å². The van der Waals surface area contributed by atoms with E-state index in [1.807, 2.05) is 25.7 Å². The first-order valence-corrected chi connectivity index (χ1v) is 7.61. The first kappa shape index (κ1) is 15.1. The van der Waals surface area contributed by atoms with Crippen LogP contribution in [0.4, 0.5) is 0 Å². The van der Waals surface area contributed by atoms with Crippen molar-refractivity contribution in [2.24, 2.45) is 7.05 Å². The van der Waals surface area contributed by atoms with Gasteiger partial charge in [-0.15, -0.1) is 0 Å². The summed E-state index contributed by atoms with van der Waals surface area (Å²) in [6, 6.07) is 0. The smallest absolute Gasteiger partial charge is 0.341 e. The Hall–Kier alpha value is -0.970. The highest BCUT2D eigenvalue weighted by molar-refractivity contribution is 7.98. The molecule has 0 saturated carbocycles. The highest BCUT2D eigenvalue weighted by atomic mass is 32.2. The Labute approximate surface area is 113 Å². The molecule has 102 valence electrons. The first-order chi connectivity index (χ1) is 8.70. The third-order valence-corrected chi connectivity index (χ3v) is 3.74. The monoisotopic (exact) mass is 270 g/mol. The fraction of sp³-hybridized carbons (Fsp3) is 0.692. The minimum absolute atomic E-state index is 0.269. The van der Waals surface area contributed by atoms with Crippen molar-refractivity contribution in [1.82, 2.24) is 9.78 Å². The molecule has 4 nitrogen and oxygen atoms in total. The topological polar surface area (TPSA) is 44.1 Å². The summed E-state index contributed by atoms with van der Waals surface area (Å²) >= 11 is 1.85.